The van der Waals surface area contributed by atoms with Gasteiger partial charge in [0.15, 0.2) is 6.10 Å². The third-order valence-electron chi connectivity index (χ3n) is 4.43. The van der Waals surface area contributed by atoms with Gasteiger partial charge in [0, 0.05) is 24.2 Å². The minimum Gasteiger partial charge on any atom is -0.480 e. The summed E-state index contributed by atoms with van der Waals surface area (Å²) >= 11 is 0. The van der Waals surface area contributed by atoms with Crippen LogP contribution in [0.5, 0.6) is 0 Å². The molecule has 0 bridgehead atoms. The van der Waals surface area contributed by atoms with Gasteiger partial charge in [-0.2, -0.15) is 0 Å². The van der Waals surface area contributed by atoms with Crippen molar-refractivity contribution in [3.05, 3.63) is 36.0 Å². The molecule has 0 saturated carbocycles. The lowest BCUT2D eigenvalue weighted by atomic mass is 10.1. The topological polar surface area (TPSA) is 132 Å². The number of amides is 2. The van der Waals surface area contributed by atoms with Gasteiger partial charge in [0.1, 0.15) is 6.04 Å². The zero-order chi connectivity index (χ0) is 22.3. The quantitative estimate of drug-likeness (QED) is 0.434. The van der Waals surface area contributed by atoms with Gasteiger partial charge in [0.25, 0.3) is 0 Å². The van der Waals surface area contributed by atoms with Crippen LogP contribution in [0.3, 0.4) is 0 Å². The van der Waals surface area contributed by atoms with Crippen molar-refractivity contribution in [1.29, 1.82) is 0 Å². The number of aliphatic hydroxyl groups is 1. The molecule has 0 aliphatic carbocycles. The number of aromatic amines is 1. The fourth-order valence-electron chi connectivity index (χ4n) is 3.11. The average molecular weight is 419 g/mol. The number of benzene rings is 1. The van der Waals surface area contributed by atoms with E-state index in [9.17, 15) is 24.6 Å². The number of hydrogen-bond acceptors (Lipinski definition) is 5. The van der Waals surface area contributed by atoms with Crippen molar-refractivity contribution < 1.29 is 29.3 Å². The Balaban J connectivity index is 2.10. The fraction of sp³-hybridized carbons (Fsp3) is 0.476. The highest BCUT2D eigenvalue weighted by Gasteiger charge is 2.28. The van der Waals surface area contributed by atoms with Crippen LogP contribution in [0.2, 0.25) is 0 Å². The lowest BCUT2D eigenvalue weighted by Crippen LogP contribution is -2.52. The molecule has 164 valence electrons. The maximum atomic E-state index is 12.7. The normalized spacial score (nSPS) is 13.1. The van der Waals surface area contributed by atoms with Crippen LogP contribution in [-0.4, -0.2) is 69.9 Å². The number of carboxylic acids is 1. The van der Waals surface area contributed by atoms with Crippen molar-refractivity contribution >= 4 is 28.9 Å². The number of aliphatic carboxylic acids is 1. The first-order valence-electron chi connectivity index (χ1n) is 9.90. The Morgan fingerprint density at radius 2 is 1.90 bits per heavy atom. The monoisotopic (exact) mass is 419 g/mol. The van der Waals surface area contributed by atoms with Gasteiger partial charge in [-0.3, -0.25) is 0 Å². The molecular formula is C21H29N3O6. The molecule has 2 amide bonds. The van der Waals surface area contributed by atoms with Gasteiger partial charge in [-0.1, -0.05) is 32.0 Å². The second-order valence-electron chi connectivity index (χ2n) is 7.49. The van der Waals surface area contributed by atoms with Crippen LogP contribution in [0.25, 0.3) is 10.9 Å². The molecule has 1 heterocycles. The molecule has 4 N–H and O–H groups in total. The highest BCUT2D eigenvalue weighted by Crippen LogP contribution is 2.16. The van der Waals surface area contributed by atoms with E-state index in [0.29, 0.717) is 5.69 Å². The third kappa shape index (κ3) is 6.48. The van der Waals surface area contributed by atoms with Gasteiger partial charge in [-0.25, -0.2) is 14.4 Å². The Bertz CT molecular complexity index is 846. The number of nitrogens with one attached hydrogen (secondary N) is 2. The molecule has 2 atom stereocenters. The molecule has 0 aliphatic heterocycles. The summed E-state index contributed by atoms with van der Waals surface area (Å²) in [5.74, 6) is -1.97. The van der Waals surface area contributed by atoms with Crippen LogP contribution in [-0.2, 0) is 20.7 Å². The van der Waals surface area contributed by atoms with Gasteiger partial charge < -0.3 is 30.2 Å². The molecule has 2 rings (SSSR count). The number of rotatable bonds is 10. The van der Waals surface area contributed by atoms with E-state index in [1.54, 1.807) is 6.92 Å². The van der Waals surface area contributed by atoms with Crippen molar-refractivity contribution in [3.8, 4) is 0 Å². The summed E-state index contributed by atoms with van der Waals surface area (Å²) in [6.07, 6.45) is -1.45. The van der Waals surface area contributed by atoms with E-state index in [-0.39, 0.29) is 32.0 Å². The average Bonchev–Trinajstić information content (AvgIpc) is 3.08. The number of carboxylic acid groups (broad SMARTS) is 1. The van der Waals surface area contributed by atoms with Crippen molar-refractivity contribution in [2.75, 3.05) is 19.7 Å². The predicted molar refractivity (Wildman–Crippen MR) is 111 cm³/mol. The SMILES string of the molecule is CCOC(=O)C(O)CN(CC(C)C)C(=O)N[C@@H](Cc1cc2ccccc2[nH]1)C(=O)O. The van der Waals surface area contributed by atoms with Crippen LogP contribution >= 0.6 is 0 Å². The summed E-state index contributed by atoms with van der Waals surface area (Å²) in [5.41, 5.74) is 1.55. The Morgan fingerprint density at radius 3 is 2.50 bits per heavy atom. The first-order chi connectivity index (χ1) is 14.2. The molecule has 9 heteroatoms. The Hall–Kier alpha value is -3.07. The number of para-hydroxylation sites is 1. The number of hydrogen-bond donors (Lipinski definition) is 4. The molecule has 2 aromatic rings. The first kappa shape index (κ1) is 23.2. The maximum absolute atomic E-state index is 12.7. The molecule has 0 fully saturated rings. The minimum absolute atomic E-state index is 0.0436. The lowest BCUT2D eigenvalue weighted by molar-refractivity contribution is -0.153. The van der Waals surface area contributed by atoms with Crippen LogP contribution in [0.1, 0.15) is 26.5 Å². The van der Waals surface area contributed by atoms with Crippen LogP contribution in [0, 0.1) is 5.92 Å². The number of aromatic nitrogens is 1. The van der Waals surface area contributed by atoms with Crippen molar-refractivity contribution in [2.24, 2.45) is 5.92 Å². The van der Waals surface area contributed by atoms with Gasteiger partial charge in [0.05, 0.1) is 13.2 Å². The molecule has 9 nitrogen and oxygen atoms in total. The van der Waals surface area contributed by atoms with Crippen molar-refractivity contribution in [1.82, 2.24) is 15.2 Å². The highest BCUT2D eigenvalue weighted by molar-refractivity contribution is 5.84. The van der Waals surface area contributed by atoms with E-state index in [1.807, 2.05) is 44.2 Å². The Kier molecular flexibility index (Phi) is 8.23. The summed E-state index contributed by atoms with van der Waals surface area (Å²) in [4.78, 5) is 40.6. The van der Waals surface area contributed by atoms with Gasteiger partial charge in [0.2, 0.25) is 0 Å². The Morgan fingerprint density at radius 1 is 1.20 bits per heavy atom. The van der Waals surface area contributed by atoms with E-state index in [1.165, 1.54) is 4.90 Å². The number of esters is 1. The molecule has 0 aliphatic rings. The zero-order valence-corrected chi connectivity index (χ0v) is 17.4. The number of fused-ring (bicyclic) bond motifs is 1. The number of nitrogens with zero attached hydrogens (tertiary/aromatic N) is 1. The molecule has 0 saturated heterocycles. The number of H-pyrrole nitrogens is 1. The maximum Gasteiger partial charge on any atom is 0.336 e. The van der Waals surface area contributed by atoms with Gasteiger partial charge in [-0.15, -0.1) is 0 Å². The Labute approximate surface area is 175 Å². The smallest absolute Gasteiger partial charge is 0.336 e. The van der Waals surface area contributed by atoms with Crippen molar-refractivity contribution in [2.45, 2.75) is 39.3 Å². The summed E-state index contributed by atoms with van der Waals surface area (Å²) in [5, 5.41) is 23.1. The molecule has 30 heavy (non-hydrogen) atoms. The second-order valence-corrected chi connectivity index (χ2v) is 7.49. The standard InChI is InChI=1S/C21H29N3O6/c1-4-30-20(28)18(25)12-24(11-13(2)3)21(29)23-17(19(26)27)10-15-9-14-7-5-6-8-16(14)22-15/h5-9,13,17-18,22,25H,4,10-12H2,1-3H3,(H,23,29)(H,26,27)/t17-,18?/m0/s1. The van der Waals surface area contributed by atoms with E-state index in [0.717, 1.165) is 10.9 Å². The van der Waals surface area contributed by atoms with E-state index >= 15 is 0 Å². The van der Waals surface area contributed by atoms with E-state index < -0.39 is 30.1 Å². The first-order valence-corrected chi connectivity index (χ1v) is 9.90. The molecule has 0 radical (unpaired) electrons. The largest absolute Gasteiger partial charge is 0.480 e. The summed E-state index contributed by atoms with van der Waals surface area (Å²) in [6.45, 7) is 5.41. The molecule has 1 aromatic carbocycles. The van der Waals surface area contributed by atoms with Crippen LogP contribution in [0.15, 0.2) is 30.3 Å². The number of carbonyl (C=O) groups excluding carboxylic acids is 2. The third-order valence-corrected chi connectivity index (χ3v) is 4.43. The number of urea groups is 1. The predicted octanol–water partition coefficient (Wildman–Crippen LogP) is 1.76. The molecular weight excluding hydrogens is 390 g/mol. The second kappa shape index (κ2) is 10.6. The van der Waals surface area contributed by atoms with E-state index in [4.69, 9.17) is 4.74 Å². The lowest BCUT2D eigenvalue weighted by Gasteiger charge is -2.28. The van der Waals surface area contributed by atoms with Crippen molar-refractivity contribution in [3.63, 3.8) is 0 Å². The summed E-state index contributed by atoms with van der Waals surface area (Å²) in [6, 6.07) is 7.54. The zero-order valence-electron chi connectivity index (χ0n) is 17.4. The number of aliphatic hydroxyl groups excluding tert-OH is 1. The molecule has 0 spiro atoms. The number of carbonyl (C=O) groups is 3. The van der Waals surface area contributed by atoms with E-state index in [2.05, 4.69) is 10.3 Å². The molecule has 1 unspecified atom stereocenters. The van der Waals surface area contributed by atoms with Crippen LogP contribution in [0.4, 0.5) is 4.79 Å². The summed E-state index contributed by atoms with van der Waals surface area (Å²) in [7, 11) is 0. The van der Waals surface area contributed by atoms with Crippen LogP contribution < -0.4 is 5.32 Å². The van der Waals surface area contributed by atoms with Gasteiger partial charge >= 0.3 is 18.0 Å². The highest BCUT2D eigenvalue weighted by atomic mass is 16.5. The van der Waals surface area contributed by atoms with Gasteiger partial charge in [-0.05, 0) is 30.4 Å². The number of ether oxygens (including phenoxy) is 1. The fourth-order valence-corrected chi connectivity index (χ4v) is 3.11. The minimum atomic E-state index is -1.51. The summed E-state index contributed by atoms with van der Waals surface area (Å²) < 4.78 is 4.77. The molecule has 1 aromatic heterocycles.